The number of imidazole rings is 1. The summed E-state index contributed by atoms with van der Waals surface area (Å²) < 4.78 is 119. The van der Waals surface area contributed by atoms with Crippen molar-refractivity contribution in [3.63, 3.8) is 0 Å². The number of hydrogen-bond donors (Lipinski definition) is 3. The van der Waals surface area contributed by atoms with Gasteiger partial charge in [-0.1, -0.05) is 6.07 Å². The number of fused-ring (bicyclic) bond motifs is 1. The molecular weight excluding hydrogens is 660 g/mol. The van der Waals surface area contributed by atoms with Crippen LogP contribution in [0.2, 0.25) is 0 Å². The Morgan fingerprint density at radius 2 is 1.75 bits per heavy atom. The number of ether oxygens (including phenoxy) is 2. The van der Waals surface area contributed by atoms with Crippen molar-refractivity contribution in [2.45, 2.75) is 64.0 Å². The fourth-order valence-corrected chi connectivity index (χ4v) is 5.56. The number of halogens is 8. The lowest BCUT2D eigenvalue weighted by Gasteiger charge is -2.36. The van der Waals surface area contributed by atoms with E-state index in [1.165, 1.54) is 23.7 Å². The van der Waals surface area contributed by atoms with E-state index in [9.17, 15) is 44.7 Å². The monoisotopic (exact) mass is 692 g/mol. The van der Waals surface area contributed by atoms with Crippen LogP contribution in [0.25, 0.3) is 11.2 Å². The summed E-state index contributed by atoms with van der Waals surface area (Å²) in [4.78, 5) is 34.1. The van der Waals surface area contributed by atoms with Gasteiger partial charge in [0.05, 0.1) is 35.8 Å². The number of hydrogen-bond acceptors (Lipinski definition) is 7. The van der Waals surface area contributed by atoms with Crippen molar-refractivity contribution in [1.82, 2.24) is 25.2 Å². The highest BCUT2D eigenvalue weighted by molar-refractivity contribution is 5.99. The summed E-state index contributed by atoms with van der Waals surface area (Å²) in [5.41, 5.74) is -2.21. The number of aromatic nitrogens is 3. The minimum atomic E-state index is -4.79. The number of alkyl halides is 8. The quantitative estimate of drug-likeness (QED) is 0.227. The Morgan fingerprint density at radius 3 is 2.33 bits per heavy atom. The van der Waals surface area contributed by atoms with Gasteiger partial charge in [0, 0.05) is 19.6 Å². The largest absolute Gasteiger partial charge is 0.471 e. The second-order valence-corrected chi connectivity index (χ2v) is 12.2. The van der Waals surface area contributed by atoms with E-state index in [2.05, 4.69) is 25.9 Å². The van der Waals surface area contributed by atoms with Crippen molar-refractivity contribution in [2.24, 2.45) is 18.4 Å². The Balaban J connectivity index is 1.41. The van der Waals surface area contributed by atoms with E-state index < -0.39 is 65.8 Å². The predicted molar refractivity (Wildman–Crippen MR) is 155 cm³/mol. The van der Waals surface area contributed by atoms with E-state index in [0.29, 0.717) is 5.56 Å². The van der Waals surface area contributed by atoms with Crippen LogP contribution in [0.4, 0.5) is 46.8 Å². The maximum absolute atomic E-state index is 14.0. The number of nitrogens with zero attached hydrogens (tertiary/aromatic N) is 3. The third-order valence-electron chi connectivity index (χ3n) is 8.40. The fourth-order valence-electron chi connectivity index (χ4n) is 5.56. The molecule has 1 aliphatic carbocycles. The van der Waals surface area contributed by atoms with Crippen molar-refractivity contribution in [1.29, 1.82) is 0 Å². The number of pyridine rings is 1. The van der Waals surface area contributed by atoms with Gasteiger partial charge in [-0.15, -0.1) is 0 Å². The summed E-state index contributed by atoms with van der Waals surface area (Å²) in [5, 5.41) is 7.92. The third-order valence-corrected chi connectivity index (χ3v) is 8.40. The highest BCUT2D eigenvalue weighted by Gasteiger charge is 2.42. The normalized spacial score (nSPS) is 19.6. The van der Waals surface area contributed by atoms with Gasteiger partial charge < -0.3 is 25.4 Å². The summed E-state index contributed by atoms with van der Waals surface area (Å²) >= 11 is 0. The van der Waals surface area contributed by atoms with Crippen LogP contribution in [-0.4, -0.2) is 64.8 Å². The van der Waals surface area contributed by atoms with Crippen molar-refractivity contribution in [3.8, 4) is 5.88 Å². The smallest absolute Gasteiger partial charge is 0.418 e. The number of amides is 2. The zero-order valence-corrected chi connectivity index (χ0v) is 25.7. The molecule has 2 aromatic heterocycles. The molecule has 1 aromatic carbocycles. The standard InChI is InChI=1S/C30H32F8N6O4/c1-28(13-47-14-28)26(46)39-11-15-3-8-19(30(36,37)38)20(9-15)41-27-42-21-10-18(25(48-12-22(31)32)43-23(21)44(27)2)24(45)40-17-6-4-16(5-7-17)29(33,34)35/h3,8-10,16-17,22H,4-7,11-14H2,1-2H3,(H,39,46)(H,40,45)(H,41,42). The highest BCUT2D eigenvalue weighted by atomic mass is 19.4. The summed E-state index contributed by atoms with van der Waals surface area (Å²) in [5.74, 6) is -3.33. The lowest BCUT2D eigenvalue weighted by molar-refractivity contribution is -0.182. The predicted octanol–water partition coefficient (Wildman–Crippen LogP) is 5.88. The molecule has 1 aliphatic heterocycles. The molecule has 18 heteroatoms. The SMILES string of the molecule is Cn1c(Nc2cc(CNC(=O)C3(C)COC3)ccc2C(F)(F)F)nc2cc(C(=O)NC3CCC(C(F)(F)F)CC3)c(OCC(F)F)nc21. The first kappa shape index (κ1) is 35.1. The number of rotatable bonds is 10. The second kappa shape index (κ2) is 13.4. The Kier molecular flexibility index (Phi) is 9.76. The van der Waals surface area contributed by atoms with Crippen LogP contribution < -0.4 is 20.7 Å². The number of carbonyl (C=O) groups excluding carboxylic acids is 2. The topological polar surface area (TPSA) is 119 Å². The highest BCUT2D eigenvalue weighted by Crippen LogP contribution is 2.39. The lowest BCUT2D eigenvalue weighted by atomic mass is 9.85. The number of benzene rings is 1. The Bertz CT molecular complexity index is 1660. The number of carbonyl (C=O) groups is 2. The van der Waals surface area contributed by atoms with Crippen LogP contribution in [0.3, 0.4) is 0 Å². The molecule has 262 valence electrons. The minimum absolute atomic E-state index is 0.0109. The summed E-state index contributed by atoms with van der Waals surface area (Å²) in [6.07, 6.45) is -12.4. The molecule has 2 aliphatic rings. The third kappa shape index (κ3) is 7.73. The van der Waals surface area contributed by atoms with Gasteiger partial charge in [0.15, 0.2) is 12.3 Å². The molecule has 3 heterocycles. The van der Waals surface area contributed by atoms with Crippen LogP contribution in [0.5, 0.6) is 5.88 Å². The van der Waals surface area contributed by atoms with E-state index in [4.69, 9.17) is 9.47 Å². The maximum atomic E-state index is 14.0. The van der Waals surface area contributed by atoms with Gasteiger partial charge in [-0.25, -0.2) is 13.8 Å². The van der Waals surface area contributed by atoms with E-state index >= 15 is 0 Å². The Hall–Kier alpha value is -4.22. The molecule has 0 bridgehead atoms. The van der Waals surface area contributed by atoms with Gasteiger partial charge in [0.25, 0.3) is 12.3 Å². The van der Waals surface area contributed by atoms with Gasteiger partial charge in [-0.05, 0) is 56.4 Å². The van der Waals surface area contributed by atoms with Gasteiger partial charge >= 0.3 is 12.4 Å². The number of aryl methyl sites for hydroxylation is 1. The minimum Gasteiger partial charge on any atom is -0.471 e. The molecule has 0 spiro atoms. The molecule has 1 saturated carbocycles. The van der Waals surface area contributed by atoms with E-state index in [0.717, 1.165) is 12.1 Å². The Morgan fingerprint density at radius 1 is 1.06 bits per heavy atom. The van der Waals surface area contributed by atoms with Crippen LogP contribution in [0.15, 0.2) is 24.3 Å². The van der Waals surface area contributed by atoms with Crippen LogP contribution in [-0.2, 0) is 29.3 Å². The van der Waals surface area contributed by atoms with Gasteiger partial charge in [-0.2, -0.15) is 31.3 Å². The van der Waals surface area contributed by atoms with Crippen molar-refractivity contribution in [2.75, 3.05) is 25.1 Å². The number of anilines is 2. The first-order valence-corrected chi connectivity index (χ1v) is 14.9. The van der Waals surface area contributed by atoms with Crippen LogP contribution >= 0.6 is 0 Å². The molecule has 0 unspecified atom stereocenters. The molecule has 5 rings (SSSR count). The van der Waals surface area contributed by atoms with Gasteiger partial charge in [-0.3, -0.25) is 14.2 Å². The second-order valence-electron chi connectivity index (χ2n) is 12.2. The van der Waals surface area contributed by atoms with Crippen molar-refractivity contribution < 1.29 is 54.2 Å². The lowest BCUT2D eigenvalue weighted by Crippen LogP contribution is -2.51. The van der Waals surface area contributed by atoms with Crippen molar-refractivity contribution >= 4 is 34.6 Å². The average molecular weight is 693 g/mol. The van der Waals surface area contributed by atoms with Crippen molar-refractivity contribution in [3.05, 3.63) is 41.0 Å². The van der Waals surface area contributed by atoms with E-state index in [1.54, 1.807) is 6.92 Å². The van der Waals surface area contributed by atoms with Gasteiger partial charge in [0.1, 0.15) is 11.1 Å². The average Bonchev–Trinajstić information content (AvgIpc) is 3.29. The molecular formula is C30H32F8N6O4. The molecule has 0 radical (unpaired) electrons. The molecule has 1 saturated heterocycles. The summed E-state index contributed by atoms with van der Waals surface area (Å²) in [6.45, 7) is 0.934. The first-order valence-electron chi connectivity index (χ1n) is 14.9. The van der Waals surface area contributed by atoms with Gasteiger partial charge in [0.2, 0.25) is 17.7 Å². The molecule has 48 heavy (non-hydrogen) atoms. The first-order chi connectivity index (χ1) is 22.4. The fraction of sp³-hybridized carbons (Fsp3) is 0.533. The molecule has 2 amide bonds. The molecule has 3 N–H and O–H groups in total. The zero-order chi connectivity index (χ0) is 35.0. The zero-order valence-electron chi connectivity index (χ0n) is 25.7. The van der Waals surface area contributed by atoms with E-state index in [1.807, 2.05) is 0 Å². The molecule has 0 atom stereocenters. The summed E-state index contributed by atoms with van der Waals surface area (Å²) in [7, 11) is 1.39. The molecule has 3 aromatic rings. The summed E-state index contributed by atoms with van der Waals surface area (Å²) in [6, 6.07) is 3.79. The maximum Gasteiger partial charge on any atom is 0.418 e. The molecule has 2 fully saturated rings. The van der Waals surface area contributed by atoms with Crippen LogP contribution in [0, 0.1) is 11.3 Å². The molecule has 10 nitrogen and oxygen atoms in total. The van der Waals surface area contributed by atoms with Crippen LogP contribution in [0.1, 0.15) is 54.1 Å². The number of nitrogens with one attached hydrogen (secondary N) is 3. The Labute approximate surface area is 268 Å². The van der Waals surface area contributed by atoms with E-state index in [-0.39, 0.29) is 74.0 Å².